The van der Waals surface area contributed by atoms with Gasteiger partial charge in [-0.3, -0.25) is 4.79 Å². The molecule has 1 aliphatic carbocycles. The fourth-order valence-electron chi connectivity index (χ4n) is 3.23. The van der Waals surface area contributed by atoms with Gasteiger partial charge in [0.25, 0.3) is 0 Å². The lowest BCUT2D eigenvalue weighted by atomic mass is 10.1. The van der Waals surface area contributed by atoms with Gasteiger partial charge in [-0.15, -0.1) is 0 Å². The van der Waals surface area contributed by atoms with Crippen molar-refractivity contribution in [1.29, 1.82) is 0 Å². The van der Waals surface area contributed by atoms with Crippen LogP contribution in [0.3, 0.4) is 0 Å². The second-order valence-electron chi connectivity index (χ2n) is 6.11. The number of benzene rings is 1. The monoisotopic (exact) mass is 396 g/mol. The van der Waals surface area contributed by atoms with Crippen molar-refractivity contribution in [3.63, 3.8) is 0 Å². The summed E-state index contributed by atoms with van der Waals surface area (Å²) in [5, 5.41) is 17.6. The number of rotatable bonds is 6. The van der Waals surface area contributed by atoms with Gasteiger partial charge in [-0.25, -0.2) is 0 Å². The minimum atomic E-state index is -0.320. The molecule has 1 aromatic carbocycles. The first-order valence-electron chi connectivity index (χ1n) is 8.22. The van der Waals surface area contributed by atoms with E-state index in [1.807, 2.05) is 12.1 Å². The Morgan fingerprint density at radius 2 is 2.33 bits per heavy atom. The van der Waals surface area contributed by atoms with E-state index in [1.54, 1.807) is 6.92 Å². The predicted octanol–water partition coefficient (Wildman–Crippen LogP) is 3.27. The third kappa shape index (κ3) is 3.57. The number of anilines is 1. The van der Waals surface area contributed by atoms with Crippen LogP contribution in [0, 0.1) is 5.92 Å². The fraction of sp³-hybridized carbons (Fsp3) is 0.529. The van der Waals surface area contributed by atoms with Crippen molar-refractivity contribution in [3.05, 3.63) is 22.3 Å². The molecule has 24 heavy (non-hydrogen) atoms. The lowest BCUT2D eigenvalue weighted by Crippen LogP contribution is -2.16. The summed E-state index contributed by atoms with van der Waals surface area (Å²) < 4.78 is 11.2. The van der Waals surface area contributed by atoms with Crippen LogP contribution in [0.1, 0.15) is 31.9 Å². The van der Waals surface area contributed by atoms with Gasteiger partial charge in [-0.2, -0.15) is 0 Å². The van der Waals surface area contributed by atoms with Gasteiger partial charge in [0.2, 0.25) is 0 Å². The Hall–Kier alpha value is -1.60. The van der Waals surface area contributed by atoms with Crippen LogP contribution >= 0.6 is 15.9 Å². The lowest BCUT2D eigenvalue weighted by Gasteiger charge is -2.16. The van der Waals surface area contributed by atoms with Gasteiger partial charge in [0.05, 0.1) is 22.9 Å². The second-order valence-corrected chi connectivity index (χ2v) is 6.91. The quantitative estimate of drug-likeness (QED) is 0.728. The number of esters is 1. The van der Waals surface area contributed by atoms with Gasteiger partial charge in [0.15, 0.2) is 5.58 Å². The zero-order chi connectivity index (χ0) is 17.1. The van der Waals surface area contributed by atoms with E-state index < -0.39 is 0 Å². The number of aromatic nitrogens is 1. The summed E-state index contributed by atoms with van der Waals surface area (Å²) in [5.74, 6) is 0.0551. The summed E-state index contributed by atoms with van der Waals surface area (Å²) >= 11 is 3.62. The molecule has 2 atom stereocenters. The van der Waals surface area contributed by atoms with E-state index in [0.717, 1.165) is 34.8 Å². The molecule has 2 N–H and O–H groups in total. The summed E-state index contributed by atoms with van der Waals surface area (Å²) in [7, 11) is 0. The topological polar surface area (TPSA) is 84.6 Å². The Labute approximate surface area is 148 Å². The van der Waals surface area contributed by atoms with Crippen LogP contribution in [-0.2, 0) is 16.0 Å². The first-order valence-corrected chi connectivity index (χ1v) is 9.01. The molecule has 1 aromatic heterocycles. The Morgan fingerprint density at radius 1 is 1.50 bits per heavy atom. The maximum Gasteiger partial charge on any atom is 0.312 e. The van der Waals surface area contributed by atoms with Crippen molar-refractivity contribution in [3.8, 4) is 0 Å². The molecule has 1 heterocycles. The molecule has 0 radical (unpaired) electrons. The smallest absolute Gasteiger partial charge is 0.312 e. The van der Waals surface area contributed by atoms with Crippen molar-refractivity contribution in [1.82, 2.24) is 5.16 Å². The minimum absolute atomic E-state index is 0.0823. The van der Waals surface area contributed by atoms with E-state index in [2.05, 4.69) is 26.4 Å². The standard InChI is InChI=1S/C17H21BrN2O4/c1-2-23-15(22)8-13-16-14(24-20-13)6-5-12(17(16)18)19-11-4-3-10(7-11)9-21/h5-6,10-11,19,21H,2-4,7-9H2,1H3/t10-,11?/m1/s1. The highest BCUT2D eigenvalue weighted by Crippen LogP contribution is 2.36. The van der Waals surface area contributed by atoms with E-state index in [9.17, 15) is 9.90 Å². The fourth-order valence-corrected chi connectivity index (χ4v) is 3.90. The largest absolute Gasteiger partial charge is 0.466 e. The molecule has 0 bridgehead atoms. The number of aliphatic hydroxyl groups excluding tert-OH is 1. The average Bonchev–Trinajstić information content (AvgIpc) is 3.17. The third-order valence-electron chi connectivity index (χ3n) is 4.42. The summed E-state index contributed by atoms with van der Waals surface area (Å²) in [6.07, 6.45) is 3.11. The van der Waals surface area contributed by atoms with E-state index in [0.29, 0.717) is 29.8 Å². The van der Waals surface area contributed by atoms with E-state index in [1.165, 1.54) is 0 Å². The molecule has 1 unspecified atom stereocenters. The molecule has 2 aromatic rings. The highest BCUT2D eigenvalue weighted by molar-refractivity contribution is 9.10. The van der Waals surface area contributed by atoms with Crippen LogP contribution in [-0.4, -0.2) is 35.5 Å². The van der Waals surface area contributed by atoms with Crippen molar-refractivity contribution in [2.24, 2.45) is 5.92 Å². The van der Waals surface area contributed by atoms with Crippen LogP contribution in [0.15, 0.2) is 21.1 Å². The Morgan fingerprint density at radius 3 is 3.04 bits per heavy atom. The number of nitrogens with zero attached hydrogens (tertiary/aromatic N) is 1. The third-order valence-corrected chi connectivity index (χ3v) is 5.25. The number of aliphatic hydroxyl groups is 1. The molecule has 0 saturated heterocycles. The van der Waals surface area contributed by atoms with Gasteiger partial charge >= 0.3 is 5.97 Å². The highest BCUT2D eigenvalue weighted by atomic mass is 79.9. The van der Waals surface area contributed by atoms with Crippen LogP contribution in [0.5, 0.6) is 0 Å². The molecular formula is C17H21BrN2O4. The molecule has 1 aliphatic rings. The van der Waals surface area contributed by atoms with Crippen LogP contribution in [0.25, 0.3) is 11.0 Å². The van der Waals surface area contributed by atoms with E-state index in [4.69, 9.17) is 9.26 Å². The first kappa shape index (κ1) is 17.2. The zero-order valence-corrected chi connectivity index (χ0v) is 15.1. The maximum absolute atomic E-state index is 11.7. The number of hydrogen-bond acceptors (Lipinski definition) is 6. The molecule has 3 rings (SSSR count). The second kappa shape index (κ2) is 7.53. The summed E-state index contributed by atoms with van der Waals surface area (Å²) in [6, 6.07) is 4.13. The Kier molecular flexibility index (Phi) is 5.40. The van der Waals surface area contributed by atoms with Crippen molar-refractivity contribution < 1.29 is 19.2 Å². The number of carbonyl (C=O) groups is 1. The van der Waals surface area contributed by atoms with Gasteiger partial charge < -0.3 is 19.7 Å². The normalized spacial score (nSPS) is 20.5. The van der Waals surface area contributed by atoms with Crippen molar-refractivity contribution >= 4 is 38.6 Å². The maximum atomic E-state index is 11.7. The number of nitrogens with one attached hydrogen (secondary N) is 1. The molecular weight excluding hydrogens is 376 g/mol. The molecule has 7 heteroatoms. The van der Waals surface area contributed by atoms with Gasteiger partial charge in [0, 0.05) is 18.3 Å². The van der Waals surface area contributed by atoms with Crippen molar-refractivity contribution in [2.75, 3.05) is 18.5 Å². The number of ether oxygens (including phenoxy) is 1. The van der Waals surface area contributed by atoms with Crippen LogP contribution < -0.4 is 5.32 Å². The molecule has 0 amide bonds. The van der Waals surface area contributed by atoms with Crippen molar-refractivity contribution in [2.45, 2.75) is 38.6 Å². The van der Waals surface area contributed by atoms with Crippen LogP contribution in [0.4, 0.5) is 5.69 Å². The van der Waals surface area contributed by atoms with E-state index >= 15 is 0 Å². The Bertz CT molecular complexity index is 731. The molecule has 6 nitrogen and oxygen atoms in total. The summed E-state index contributed by atoms with van der Waals surface area (Å²) in [6.45, 7) is 2.36. The molecule has 0 spiro atoms. The Balaban J connectivity index is 1.82. The average molecular weight is 397 g/mol. The highest BCUT2D eigenvalue weighted by Gasteiger charge is 2.25. The molecule has 1 saturated carbocycles. The van der Waals surface area contributed by atoms with Gasteiger partial charge in [-0.05, 0) is 60.2 Å². The predicted molar refractivity (Wildman–Crippen MR) is 93.9 cm³/mol. The zero-order valence-electron chi connectivity index (χ0n) is 13.5. The number of hydrogen-bond donors (Lipinski definition) is 2. The number of carbonyl (C=O) groups excluding carboxylic acids is 1. The SMILES string of the molecule is CCOC(=O)Cc1noc2ccc(NC3CC[C@@H](CO)C3)c(Br)c12. The minimum Gasteiger partial charge on any atom is -0.466 e. The molecule has 1 fully saturated rings. The number of fused-ring (bicyclic) bond motifs is 1. The summed E-state index contributed by atoms with van der Waals surface area (Å²) in [4.78, 5) is 11.7. The lowest BCUT2D eigenvalue weighted by molar-refractivity contribution is -0.142. The van der Waals surface area contributed by atoms with Crippen LogP contribution in [0.2, 0.25) is 0 Å². The van der Waals surface area contributed by atoms with E-state index in [-0.39, 0.29) is 19.0 Å². The van der Waals surface area contributed by atoms with Gasteiger partial charge in [-0.1, -0.05) is 5.16 Å². The molecule has 0 aliphatic heterocycles. The molecule has 130 valence electrons. The first-order chi connectivity index (χ1) is 11.6. The number of halogens is 1. The van der Waals surface area contributed by atoms with Gasteiger partial charge in [0.1, 0.15) is 5.69 Å². The summed E-state index contributed by atoms with van der Waals surface area (Å²) in [5.41, 5.74) is 2.14.